The van der Waals surface area contributed by atoms with E-state index in [-0.39, 0.29) is 11.2 Å². The Hall–Kier alpha value is -3.37. The van der Waals surface area contributed by atoms with Crippen molar-refractivity contribution in [1.29, 1.82) is 0 Å². The van der Waals surface area contributed by atoms with E-state index in [9.17, 15) is 5.11 Å². The van der Waals surface area contributed by atoms with E-state index in [1.54, 1.807) is 12.4 Å². The molecule has 0 radical (unpaired) electrons. The molecule has 1 saturated carbocycles. The van der Waals surface area contributed by atoms with Gasteiger partial charge in [0.25, 0.3) is 0 Å². The van der Waals surface area contributed by atoms with Crippen molar-refractivity contribution in [2.75, 3.05) is 18.5 Å². The topological polar surface area (TPSA) is 96.3 Å². The molecule has 1 aliphatic carbocycles. The Labute approximate surface area is 235 Å². The summed E-state index contributed by atoms with van der Waals surface area (Å²) in [5, 5.41) is 17.7. The van der Waals surface area contributed by atoms with E-state index in [4.69, 9.17) is 4.84 Å². The van der Waals surface area contributed by atoms with Crippen LogP contribution in [-0.4, -0.2) is 32.8 Å². The van der Waals surface area contributed by atoms with Crippen molar-refractivity contribution in [3.05, 3.63) is 82.7 Å². The standard InChI is InChI=1S/C31H39FN6O2/c1-20-8-11-25(22(3)15-20)36-29-24(31(39)37-40-18-23-9-10-23)16-27-30(28(29)32)35-19-38(27)14-5-4-12-33-17-26-21(2)7-6-13-34-26/h6-8,11,13,15-16,19,23,31,33,36-37,39H,4-5,9-10,12,14,17-18H2,1-3H3. The molecule has 1 atom stereocenters. The first kappa shape index (κ1) is 28.2. The van der Waals surface area contributed by atoms with Crippen molar-refractivity contribution in [3.8, 4) is 0 Å². The van der Waals surface area contributed by atoms with Crippen LogP contribution in [0, 0.1) is 32.5 Å². The first-order chi connectivity index (χ1) is 19.4. The second-order valence-electron chi connectivity index (χ2n) is 10.8. The lowest BCUT2D eigenvalue weighted by Crippen LogP contribution is -2.23. The fraction of sp³-hybridized carbons (Fsp3) is 0.419. The van der Waals surface area contributed by atoms with E-state index in [0.29, 0.717) is 30.1 Å². The lowest BCUT2D eigenvalue weighted by molar-refractivity contribution is -0.0619. The molecule has 4 N–H and O–H groups in total. The van der Waals surface area contributed by atoms with Gasteiger partial charge >= 0.3 is 0 Å². The van der Waals surface area contributed by atoms with Crippen LogP contribution >= 0.6 is 0 Å². The number of fused-ring (bicyclic) bond motifs is 1. The summed E-state index contributed by atoms with van der Waals surface area (Å²) in [5.41, 5.74) is 9.29. The van der Waals surface area contributed by atoms with Gasteiger partial charge in [0, 0.05) is 30.5 Å². The number of imidazole rings is 1. The molecule has 4 aromatic rings. The van der Waals surface area contributed by atoms with Gasteiger partial charge in [-0.05, 0) is 88.2 Å². The summed E-state index contributed by atoms with van der Waals surface area (Å²) in [6.07, 6.45) is 6.39. The summed E-state index contributed by atoms with van der Waals surface area (Å²) in [6, 6.07) is 11.7. The summed E-state index contributed by atoms with van der Waals surface area (Å²) in [7, 11) is 0. The van der Waals surface area contributed by atoms with Crippen LogP contribution in [0.1, 0.15) is 59.9 Å². The number of nitrogens with one attached hydrogen (secondary N) is 3. The molecule has 0 saturated heterocycles. The smallest absolute Gasteiger partial charge is 0.174 e. The second kappa shape index (κ2) is 12.9. The van der Waals surface area contributed by atoms with Crippen molar-refractivity contribution in [2.45, 2.75) is 65.8 Å². The third-order valence-electron chi connectivity index (χ3n) is 7.45. The molecular formula is C31H39FN6O2. The Bertz CT molecular complexity index is 1450. The zero-order chi connectivity index (χ0) is 28.1. The maximum Gasteiger partial charge on any atom is 0.174 e. The number of unbranched alkanes of at least 4 members (excludes halogenated alkanes) is 1. The number of hydroxylamine groups is 1. The predicted octanol–water partition coefficient (Wildman–Crippen LogP) is 5.73. The fourth-order valence-electron chi connectivity index (χ4n) is 4.82. The molecule has 9 heteroatoms. The monoisotopic (exact) mass is 546 g/mol. The number of nitrogens with zero attached hydrogens (tertiary/aromatic N) is 3. The number of anilines is 2. The minimum absolute atomic E-state index is 0.189. The number of aliphatic hydroxyl groups excluding tert-OH is 1. The molecule has 2 aromatic carbocycles. The van der Waals surface area contributed by atoms with Gasteiger partial charge in [0.2, 0.25) is 0 Å². The molecule has 212 valence electrons. The molecule has 5 rings (SSSR count). The van der Waals surface area contributed by atoms with Crippen LogP contribution in [0.15, 0.2) is 48.9 Å². The minimum Gasteiger partial charge on any atom is -0.372 e. The van der Waals surface area contributed by atoms with Crippen molar-refractivity contribution < 1.29 is 14.3 Å². The summed E-state index contributed by atoms with van der Waals surface area (Å²) in [4.78, 5) is 14.4. The van der Waals surface area contributed by atoms with Gasteiger partial charge in [-0.1, -0.05) is 23.8 Å². The van der Waals surface area contributed by atoms with Crippen molar-refractivity contribution in [3.63, 3.8) is 0 Å². The Morgan fingerprint density at radius 2 is 1.95 bits per heavy atom. The molecule has 0 spiro atoms. The Balaban J connectivity index is 1.30. The average Bonchev–Trinajstić information content (AvgIpc) is 3.67. The number of aliphatic hydroxyl groups is 1. The largest absolute Gasteiger partial charge is 0.372 e. The lowest BCUT2D eigenvalue weighted by Gasteiger charge is -2.20. The highest BCUT2D eigenvalue weighted by molar-refractivity contribution is 5.85. The fourth-order valence-corrected chi connectivity index (χ4v) is 4.82. The van der Waals surface area contributed by atoms with Crippen LogP contribution in [0.2, 0.25) is 0 Å². The highest BCUT2D eigenvalue weighted by Gasteiger charge is 2.25. The van der Waals surface area contributed by atoms with Gasteiger partial charge in [-0.25, -0.2) is 9.37 Å². The molecule has 8 nitrogen and oxygen atoms in total. The van der Waals surface area contributed by atoms with E-state index >= 15 is 4.39 Å². The number of aromatic nitrogens is 3. The predicted molar refractivity (Wildman–Crippen MR) is 156 cm³/mol. The number of hydrogen-bond acceptors (Lipinski definition) is 7. The van der Waals surface area contributed by atoms with Crippen LogP contribution in [0.5, 0.6) is 0 Å². The van der Waals surface area contributed by atoms with Crippen LogP contribution in [0.3, 0.4) is 0 Å². The molecule has 40 heavy (non-hydrogen) atoms. The summed E-state index contributed by atoms with van der Waals surface area (Å²) < 4.78 is 18.0. The molecule has 0 bridgehead atoms. The molecular weight excluding hydrogens is 507 g/mol. The Kier molecular flexibility index (Phi) is 9.06. The molecule has 2 heterocycles. The summed E-state index contributed by atoms with van der Waals surface area (Å²) in [5.74, 6) is 0.0253. The van der Waals surface area contributed by atoms with Gasteiger partial charge in [-0.15, -0.1) is 0 Å². The molecule has 2 aromatic heterocycles. The molecule has 1 aliphatic rings. The Morgan fingerprint density at radius 3 is 2.73 bits per heavy atom. The van der Waals surface area contributed by atoms with Crippen LogP contribution in [0.4, 0.5) is 15.8 Å². The van der Waals surface area contributed by atoms with Crippen molar-refractivity contribution in [2.24, 2.45) is 5.92 Å². The van der Waals surface area contributed by atoms with Crippen molar-refractivity contribution in [1.82, 2.24) is 25.3 Å². The van der Waals surface area contributed by atoms with Crippen LogP contribution < -0.4 is 16.1 Å². The third kappa shape index (κ3) is 6.85. The first-order valence-electron chi connectivity index (χ1n) is 14.1. The van der Waals surface area contributed by atoms with Crippen LogP contribution in [-0.2, 0) is 17.9 Å². The highest BCUT2D eigenvalue weighted by Crippen LogP contribution is 2.35. The van der Waals surface area contributed by atoms with Crippen molar-refractivity contribution >= 4 is 22.4 Å². The zero-order valence-corrected chi connectivity index (χ0v) is 23.5. The van der Waals surface area contributed by atoms with E-state index in [2.05, 4.69) is 39.1 Å². The van der Waals surface area contributed by atoms with Gasteiger partial charge in [-0.2, -0.15) is 5.48 Å². The number of aryl methyl sites for hydroxylation is 4. The van der Waals surface area contributed by atoms with Gasteiger partial charge in [0.1, 0.15) is 5.52 Å². The molecule has 1 unspecified atom stereocenters. The average molecular weight is 547 g/mol. The minimum atomic E-state index is -1.21. The summed E-state index contributed by atoms with van der Waals surface area (Å²) in [6.45, 7) is 8.85. The van der Waals surface area contributed by atoms with E-state index in [1.807, 2.05) is 48.9 Å². The number of benzene rings is 2. The van der Waals surface area contributed by atoms with E-state index in [0.717, 1.165) is 61.3 Å². The number of hydrogen-bond donors (Lipinski definition) is 4. The van der Waals surface area contributed by atoms with E-state index < -0.39 is 12.0 Å². The Morgan fingerprint density at radius 1 is 1.10 bits per heavy atom. The van der Waals surface area contributed by atoms with Gasteiger partial charge in [0.05, 0.1) is 29.8 Å². The maximum absolute atomic E-state index is 16.0. The quantitative estimate of drug-likeness (QED) is 0.0911. The second-order valence-corrected chi connectivity index (χ2v) is 10.8. The molecule has 0 amide bonds. The van der Waals surface area contributed by atoms with E-state index in [1.165, 1.54) is 5.56 Å². The SMILES string of the molecule is Cc1ccc(Nc2c(C(O)NOCC3CC3)cc3c(ncn3CCCCNCc3ncccc3C)c2F)c(C)c1. The van der Waals surface area contributed by atoms with Crippen LogP contribution in [0.25, 0.3) is 11.0 Å². The first-order valence-corrected chi connectivity index (χ1v) is 14.1. The highest BCUT2D eigenvalue weighted by atomic mass is 19.1. The maximum atomic E-state index is 16.0. The normalized spacial score (nSPS) is 14.1. The van der Waals surface area contributed by atoms with Gasteiger partial charge < -0.3 is 20.3 Å². The molecule has 0 aliphatic heterocycles. The number of halogens is 1. The number of rotatable bonds is 14. The number of pyridine rings is 1. The summed E-state index contributed by atoms with van der Waals surface area (Å²) >= 11 is 0. The lowest BCUT2D eigenvalue weighted by atomic mass is 10.1. The van der Waals surface area contributed by atoms with Gasteiger partial charge in [-0.3, -0.25) is 9.82 Å². The van der Waals surface area contributed by atoms with Gasteiger partial charge in [0.15, 0.2) is 12.0 Å². The zero-order valence-electron chi connectivity index (χ0n) is 23.5. The third-order valence-corrected chi connectivity index (χ3v) is 7.45. The molecule has 1 fully saturated rings.